The smallest absolute Gasteiger partial charge is 0.418 e. The number of anilines is 2. The van der Waals surface area contributed by atoms with E-state index < -0.39 is 53.6 Å². The second-order valence-electron chi connectivity index (χ2n) is 11.9. The third kappa shape index (κ3) is 4.94. The molecule has 3 aromatic heterocycles. The van der Waals surface area contributed by atoms with E-state index in [1.807, 2.05) is 0 Å². The van der Waals surface area contributed by atoms with Gasteiger partial charge in [0.1, 0.15) is 11.6 Å². The van der Waals surface area contributed by atoms with Crippen molar-refractivity contribution in [3.05, 3.63) is 58.1 Å². The van der Waals surface area contributed by atoms with Gasteiger partial charge in [-0.2, -0.15) is 13.2 Å². The first-order valence-electron chi connectivity index (χ1n) is 15.8. The molecular formula is C30H30F3N7O5. The van der Waals surface area contributed by atoms with Crippen LogP contribution >= 0.6 is 0 Å². The van der Waals surface area contributed by atoms with Crippen LogP contribution in [0.5, 0.6) is 0 Å². The second-order valence-corrected chi connectivity index (χ2v) is 11.9. The molecule has 236 valence electrons. The summed E-state index contributed by atoms with van der Waals surface area (Å²) in [5, 5.41) is 16.0. The number of alkyl halides is 3. The van der Waals surface area contributed by atoms with Crippen LogP contribution in [0.4, 0.5) is 29.6 Å². The lowest BCUT2D eigenvalue weighted by Crippen LogP contribution is -2.33. The highest BCUT2D eigenvalue weighted by molar-refractivity contribution is 6.08. The Labute approximate surface area is 258 Å². The lowest BCUT2D eigenvalue weighted by molar-refractivity contribution is -0.136. The molecular weight excluding hydrogens is 595 g/mol. The summed E-state index contributed by atoms with van der Waals surface area (Å²) >= 11 is 0. The van der Waals surface area contributed by atoms with E-state index in [2.05, 4.69) is 25.3 Å². The number of piperidine rings is 1. The Morgan fingerprint density at radius 1 is 1.20 bits per heavy atom. The van der Waals surface area contributed by atoms with Gasteiger partial charge in [-0.05, 0) is 37.8 Å². The standard InChI is InChI=1S/C30H30F3N7O5/c1-38-22-12-34-23(10-21(22)40(28(38)43)17-7-6-16(8-17)35-27(42)45-2)36-24-9-19(26(41)39-13-15-11-29(15,44)14-39)18-4-3-5-20(25(18)37-24)30(31,32)33/h3-5,9-10,12,15-17,44H,6-8,11,13-14H2,1-2H3,(H,35,42)(H,34,36,37)/t15?,16-,17-,29?/m1/s1/i1D3. The molecule has 3 aliphatic rings. The van der Waals surface area contributed by atoms with Crippen LogP contribution in [-0.4, -0.2) is 73.0 Å². The lowest BCUT2D eigenvalue weighted by atomic mass is 10.0. The Morgan fingerprint density at radius 2 is 2.02 bits per heavy atom. The van der Waals surface area contributed by atoms with Crippen LogP contribution < -0.4 is 16.3 Å². The van der Waals surface area contributed by atoms with E-state index in [-0.39, 0.29) is 58.7 Å². The van der Waals surface area contributed by atoms with Crippen molar-refractivity contribution in [3.63, 3.8) is 0 Å². The second kappa shape index (κ2) is 10.2. The molecule has 45 heavy (non-hydrogen) atoms. The number of β-amino-alcohol motifs (C(OH)–C–C–N with tert-alkyl or cyclic N) is 1. The zero-order chi connectivity index (χ0) is 34.3. The van der Waals surface area contributed by atoms with E-state index >= 15 is 0 Å². The Hall–Kier alpha value is -4.66. The fourth-order valence-electron chi connectivity index (χ4n) is 6.72. The normalized spacial score (nSPS) is 25.5. The highest BCUT2D eigenvalue weighted by atomic mass is 19.4. The Morgan fingerprint density at radius 3 is 2.73 bits per heavy atom. The molecule has 4 aromatic rings. The SMILES string of the molecule is [2H]C([2H])([2H])n1c(=O)n([C@@H]2CC[C@@H](NC(=O)OC)C2)c2cc(Nc3cc(C(=O)N4CC5CC5(O)C4)c4cccc(C(F)(F)F)c4n3)ncc21. The summed E-state index contributed by atoms with van der Waals surface area (Å²) in [6.07, 6.45) is -2.45. The number of aliphatic hydroxyl groups is 1. The molecule has 1 aromatic carbocycles. The molecule has 0 radical (unpaired) electrons. The molecule has 2 amide bonds. The van der Waals surface area contributed by atoms with Crippen LogP contribution in [0, 0.1) is 5.92 Å². The zero-order valence-electron chi connectivity index (χ0n) is 26.9. The number of fused-ring (bicyclic) bond motifs is 3. The predicted octanol–water partition coefficient (Wildman–Crippen LogP) is 3.70. The van der Waals surface area contributed by atoms with Crippen molar-refractivity contribution in [2.45, 2.75) is 49.5 Å². The van der Waals surface area contributed by atoms with Gasteiger partial charge in [0.25, 0.3) is 5.91 Å². The highest BCUT2D eigenvalue weighted by Gasteiger charge is 2.60. The van der Waals surface area contributed by atoms with Crippen molar-refractivity contribution in [1.82, 2.24) is 29.3 Å². The number of ether oxygens (including phenoxy) is 1. The summed E-state index contributed by atoms with van der Waals surface area (Å²) in [5.74, 6) is -0.772. The van der Waals surface area contributed by atoms with Gasteiger partial charge in [0.2, 0.25) is 0 Å². The summed E-state index contributed by atoms with van der Waals surface area (Å²) in [7, 11) is 1.23. The number of methoxy groups -OCH3 is 1. The van der Waals surface area contributed by atoms with E-state index in [4.69, 9.17) is 4.11 Å². The molecule has 4 atom stereocenters. The summed E-state index contributed by atoms with van der Waals surface area (Å²) in [5.41, 5.74) is -3.18. The summed E-state index contributed by atoms with van der Waals surface area (Å²) in [6.45, 7) is -2.52. The third-order valence-electron chi connectivity index (χ3n) is 9.06. The first-order valence-corrected chi connectivity index (χ1v) is 14.3. The molecule has 0 spiro atoms. The maximum Gasteiger partial charge on any atom is 0.418 e. The number of imidazole rings is 1. The number of likely N-dealkylation sites (tertiary alicyclic amines) is 1. The molecule has 4 heterocycles. The van der Waals surface area contributed by atoms with Crippen molar-refractivity contribution in [3.8, 4) is 0 Å². The molecule has 1 aliphatic heterocycles. The average Bonchev–Trinajstić information content (AvgIpc) is 3.31. The molecule has 2 aliphatic carbocycles. The minimum absolute atomic E-state index is 0.00199. The fraction of sp³-hybridized carbons (Fsp3) is 0.433. The number of para-hydroxylation sites is 1. The number of alkyl carbamates (subject to hydrolysis) is 1. The molecule has 2 saturated carbocycles. The van der Waals surface area contributed by atoms with E-state index in [9.17, 15) is 32.7 Å². The monoisotopic (exact) mass is 628 g/mol. The number of rotatable bonds is 5. The van der Waals surface area contributed by atoms with Crippen LogP contribution in [0.25, 0.3) is 21.9 Å². The van der Waals surface area contributed by atoms with E-state index in [1.54, 1.807) is 0 Å². The van der Waals surface area contributed by atoms with E-state index in [1.165, 1.54) is 47.0 Å². The number of hydrogen-bond acceptors (Lipinski definition) is 8. The van der Waals surface area contributed by atoms with Gasteiger partial charge < -0.3 is 25.4 Å². The largest absolute Gasteiger partial charge is 0.453 e. The quantitative estimate of drug-likeness (QED) is 0.304. The van der Waals surface area contributed by atoms with Crippen molar-refractivity contribution >= 4 is 45.6 Å². The number of carbonyl (C=O) groups excluding carboxylic acids is 2. The average molecular weight is 629 g/mol. The van der Waals surface area contributed by atoms with Crippen LogP contribution in [-0.2, 0) is 17.9 Å². The number of nitrogens with one attached hydrogen (secondary N) is 2. The van der Waals surface area contributed by atoms with Crippen molar-refractivity contribution in [1.29, 1.82) is 0 Å². The van der Waals surface area contributed by atoms with Crippen molar-refractivity contribution in [2.75, 3.05) is 25.5 Å². The predicted molar refractivity (Wildman–Crippen MR) is 156 cm³/mol. The minimum atomic E-state index is -4.79. The topological polar surface area (TPSA) is 144 Å². The van der Waals surface area contributed by atoms with Gasteiger partial charge in [0, 0.05) is 47.1 Å². The van der Waals surface area contributed by atoms with Gasteiger partial charge in [0.15, 0.2) is 0 Å². The number of amides is 2. The first kappa shape index (κ1) is 25.6. The molecule has 15 heteroatoms. The van der Waals surface area contributed by atoms with Crippen molar-refractivity contribution < 1.29 is 36.7 Å². The number of benzene rings is 1. The number of aromatic nitrogens is 4. The summed E-state index contributed by atoms with van der Waals surface area (Å²) < 4.78 is 73.0. The molecule has 1 saturated heterocycles. The molecule has 0 bridgehead atoms. The first-order chi connectivity index (χ1) is 22.6. The highest BCUT2D eigenvalue weighted by Crippen LogP contribution is 2.49. The Balaban J connectivity index is 1.31. The Kier molecular flexibility index (Phi) is 5.81. The van der Waals surface area contributed by atoms with E-state index in [0.29, 0.717) is 30.3 Å². The number of nitrogens with zero attached hydrogens (tertiary/aromatic N) is 5. The van der Waals surface area contributed by atoms with Gasteiger partial charge >= 0.3 is 18.0 Å². The van der Waals surface area contributed by atoms with Gasteiger partial charge in [0.05, 0.1) is 53.1 Å². The van der Waals surface area contributed by atoms with Gasteiger partial charge in [-0.1, -0.05) is 12.1 Å². The number of aryl methyl sites for hydroxylation is 1. The molecule has 3 fully saturated rings. The van der Waals surface area contributed by atoms with Crippen LogP contribution in [0.15, 0.2) is 41.3 Å². The molecule has 2 unspecified atom stereocenters. The lowest BCUT2D eigenvalue weighted by Gasteiger charge is -2.21. The van der Waals surface area contributed by atoms with Crippen LogP contribution in [0.3, 0.4) is 0 Å². The maximum absolute atomic E-state index is 14.1. The summed E-state index contributed by atoms with van der Waals surface area (Å²) in [4.78, 5) is 48.9. The number of pyridine rings is 2. The molecule has 3 N–H and O–H groups in total. The van der Waals surface area contributed by atoms with Crippen molar-refractivity contribution in [2.24, 2.45) is 12.9 Å². The number of halogens is 3. The maximum atomic E-state index is 14.1. The third-order valence-corrected chi connectivity index (χ3v) is 9.06. The number of carbonyl (C=O) groups is 2. The molecule has 12 nitrogen and oxygen atoms in total. The Bertz CT molecular complexity index is 2050. The van der Waals surface area contributed by atoms with Gasteiger partial charge in [-0.25, -0.2) is 19.6 Å². The fourth-order valence-corrected chi connectivity index (χ4v) is 6.72. The van der Waals surface area contributed by atoms with Gasteiger partial charge in [-0.15, -0.1) is 0 Å². The van der Waals surface area contributed by atoms with Crippen LogP contribution in [0.2, 0.25) is 0 Å². The minimum Gasteiger partial charge on any atom is -0.453 e. The van der Waals surface area contributed by atoms with Crippen LogP contribution in [0.1, 0.15) is 51.8 Å². The zero-order valence-corrected chi connectivity index (χ0v) is 23.9. The molecule has 7 rings (SSSR count). The van der Waals surface area contributed by atoms with E-state index in [0.717, 1.165) is 6.07 Å². The number of hydrogen-bond donors (Lipinski definition) is 3. The van der Waals surface area contributed by atoms with Gasteiger partial charge in [-0.3, -0.25) is 13.9 Å². The summed E-state index contributed by atoms with van der Waals surface area (Å²) in [6, 6.07) is 5.32.